The average molecular weight is 330 g/mol. The van der Waals surface area contributed by atoms with Crippen LogP contribution < -0.4 is 0 Å². The van der Waals surface area contributed by atoms with Gasteiger partial charge in [-0.25, -0.2) is 0 Å². The van der Waals surface area contributed by atoms with E-state index in [-0.39, 0.29) is 17.9 Å². The van der Waals surface area contributed by atoms with Crippen LogP contribution in [0.2, 0.25) is 0 Å². The quantitative estimate of drug-likeness (QED) is 0.917. The number of thiophene rings is 1. The number of hydrogen-bond acceptors (Lipinski definition) is 4. The van der Waals surface area contributed by atoms with Gasteiger partial charge in [-0.3, -0.25) is 9.78 Å². The number of aryl methyl sites for hydroxylation is 1. The molecule has 1 saturated heterocycles. The van der Waals surface area contributed by atoms with Crippen LogP contribution in [-0.4, -0.2) is 34.0 Å². The first-order chi connectivity index (χ1) is 11.2. The van der Waals surface area contributed by atoms with Crippen LogP contribution in [0.15, 0.2) is 42.0 Å². The van der Waals surface area contributed by atoms with Crippen molar-refractivity contribution in [3.63, 3.8) is 0 Å². The van der Waals surface area contributed by atoms with Gasteiger partial charge in [-0.15, -0.1) is 11.3 Å². The molecule has 0 aliphatic carbocycles. The third-order valence-electron chi connectivity index (χ3n) is 4.52. The van der Waals surface area contributed by atoms with Crippen LogP contribution in [0, 0.1) is 5.92 Å². The van der Waals surface area contributed by atoms with Crippen LogP contribution in [0.5, 0.6) is 0 Å². The zero-order chi connectivity index (χ0) is 16.1. The number of rotatable bonds is 5. The molecule has 2 aromatic rings. The molecule has 122 valence electrons. The highest BCUT2D eigenvalue weighted by Crippen LogP contribution is 2.33. The molecule has 1 amide bonds. The molecule has 1 aliphatic heterocycles. The Balaban J connectivity index is 1.46. The molecule has 1 unspecified atom stereocenters. The molecule has 2 aromatic heterocycles. The maximum Gasteiger partial charge on any atom is 0.222 e. The summed E-state index contributed by atoms with van der Waals surface area (Å²) >= 11 is 1.60. The van der Waals surface area contributed by atoms with Crippen molar-refractivity contribution < 1.29 is 9.90 Å². The first-order valence-corrected chi connectivity index (χ1v) is 9.00. The van der Waals surface area contributed by atoms with E-state index in [0.29, 0.717) is 6.42 Å². The van der Waals surface area contributed by atoms with Gasteiger partial charge < -0.3 is 10.0 Å². The molecule has 5 heteroatoms. The molecule has 0 spiro atoms. The summed E-state index contributed by atoms with van der Waals surface area (Å²) in [5, 5.41) is 12.4. The van der Waals surface area contributed by atoms with Gasteiger partial charge in [0.15, 0.2) is 0 Å². The Labute approximate surface area is 140 Å². The molecule has 3 heterocycles. The van der Waals surface area contributed by atoms with Crippen LogP contribution in [0.1, 0.15) is 35.8 Å². The van der Waals surface area contributed by atoms with Crippen LogP contribution in [0.4, 0.5) is 0 Å². The molecule has 4 nitrogen and oxygen atoms in total. The van der Waals surface area contributed by atoms with Crippen LogP contribution >= 0.6 is 11.3 Å². The van der Waals surface area contributed by atoms with E-state index < -0.39 is 0 Å². The van der Waals surface area contributed by atoms with E-state index in [2.05, 4.69) is 4.98 Å². The lowest BCUT2D eigenvalue weighted by Crippen LogP contribution is -2.39. The maximum atomic E-state index is 12.3. The zero-order valence-corrected chi connectivity index (χ0v) is 13.9. The number of amides is 1. The number of carbonyl (C=O) groups is 1. The molecular weight excluding hydrogens is 308 g/mol. The van der Waals surface area contributed by atoms with E-state index >= 15 is 0 Å². The number of nitrogens with zero attached hydrogens (tertiary/aromatic N) is 2. The summed E-state index contributed by atoms with van der Waals surface area (Å²) in [5.74, 6) is 0.467. The van der Waals surface area contributed by atoms with Crippen molar-refractivity contribution in [3.05, 3.63) is 52.5 Å². The number of aliphatic hydroxyl groups is 1. The number of hydrogen-bond donors (Lipinski definition) is 1. The second-order valence-corrected chi connectivity index (χ2v) is 7.02. The Morgan fingerprint density at radius 2 is 2.17 bits per heavy atom. The van der Waals surface area contributed by atoms with E-state index in [9.17, 15) is 9.90 Å². The molecule has 0 bridgehead atoms. The van der Waals surface area contributed by atoms with Gasteiger partial charge in [0.1, 0.15) is 0 Å². The van der Waals surface area contributed by atoms with Crippen LogP contribution in [0.25, 0.3) is 0 Å². The third-order valence-corrected chi connectivity index (χ3v) is 5.47. The summed E-state index contributed by atoms with van der Waals surface area (Å²) in [7, 11) is 0. The Morgan fingerprint density at radius 1 is 1.35 bits per heavy atom. The van der Waals surface area contributed by atoms with Crippen molar-refractivity contribution in [2.75, 3.05) is 13.1 Å². The molecular formula is C18H22N2O2S. The predicted octanol–water partition coefficient (Wildman–Crippen LogP) is 3.05. The van der Waals surface area contributed by atoms with Crippen LogP contribution in [0.3, 0.4) is 0 Å². The summed E-state index contributed by atoms with van der Waals surface area (Å²) in [5.41, 5.74) is 1.10. The molecule has 0 radical (unpaired) electrons. The highest BCUT2D eigenvalue weighted by Gasteiger charge is 2.28. The largest absolute Gasteiger partial charge is 0.387 e. The predicted molar refractivity (Wildman–Crippen MR) is 91.1 cm³/mol. The van der Waals surface area contributed by atoms with Crippen molar-refractivity contribution in [1.29, 1.82) is 0 Å². The normalized spacial score (nSPS) is 17.2. The number of likely N-dealkylation sites (tertiary alicyclic amines) is 1. The molecule has 0 aromatic carbocycles. The number of pyridine rings is 1. The lowest BCUT2D eigenvalue weighted by atomic mass is 9.90. The summed E-state index contributed by atoms with van der Waals surface area (Å²) in [6.45, 7) is 1.50. The molecule has 0 saturated carbocycles. The minimum atomic E-state index is -0.386. The van der Waals surface area contributed by atoms with Crippen molar-refractivity contribution in [2.24, 2.45) is 5.92 Å². The topological polar surface area (TPSA) is 53.4 Å². The molecule has 1 fully saturated rings. The Kier molecular flexibility index (Phi) is 5.41. The highest BCUT2D eigenvalue weighted by atomic mass is 32.1. The monoisotopic (exact) mass is 330 g/mol. The van der Waals surface area contributed by atoms with Gasteiger partial charge >= 0.3 is 0 Å². The van der Waals surface area contributed by atoms with Crippen LogP contribution in [-0.2, 0) is 11.2 Å². The summed E-state index contributed by atoms with van der Waals surface area (Å²) in [6, 6.07) is 7.86. The zero-order valence-electron chi connectivity index (χ0n) is 13.1. The van der Waals surface area contributed by atoms with E-state index in [4.69, 9.17) is 0 Å². The average Bonchev–Trinajstić information content (AvgIpc) is 3.15. The second kappa shape index (κ2) is 7.70. The first kappa shape index (κ1) is 16.1. The highest BCUT2D eigenvalue weighted by molar-refractivity contribution is 7.10. The molecule has 1 atom stereocenters. The maximum absolute atomic E-state index is 12.3. The van der Waals surface area contributed by atoms with Gasteiger partial charge in [0.25, 0.3) is 0 Å². The third kappa shape index (κ3) is 4.18. The van der Waals surface area contributed by atoms with Gasteiger partial charge in [-0.05, 0) is 48.3 Å². The SMILES string of the molecule is O=C(CCc1cccnc1)N1CCC(C(O)c2cccs2)CC1. The smallest absolute Gasteiger partial charge is 0.222 e. The summed E-state index contributed by atoms with van der Waals surface area (Å²) < 4.78 is 0. The minimum absolute atomic E-state index is 0.206. The number of aliphatic hydroxyl groups excluding tert-OH is 1. The van der Waals surface area contributed by atoms with Gasteiger partial charge in [0.2, 0.25) is 5.91 Å². The Morgan fingerprint density at radius 3 is 2.83 bits per heavy atom. The van der Waals surface area contributed by atoms with Crippen molar-refractivity contribution in [2.45, 2.75) is 31.8 Å². The standard InChI is InChI=1S/C18H22N2O2S/c21-17(6-5-14-3-1-9-19-13-14)20-10-7-15(8-11-20)18(22)16-4-2-12-23-16/h1-4,9,12-13,15,18,22H,5-8,10-11H2. The van der Waals surface area contributed by atoms with Gasteiger partial charge in [-0.1, -0.05) is 12.1 Å². The fraction of sp³-hybridized carbons (Fsp3) is 0.444. The Hall–Kier alpha value is -1.72. The van der Waals surface area contributed by atoms with Crippen molar-refractivity contribution in [1.82, 2.24) is 9.88 Å². The minimum Gasteiger partial charge on any atom is -0.387 e. The number of carbonyl (C=O) groups excluding carboxylic acids is 1. The fourth-order valence-corrected chi connectivity index (χ4v) is 3.92. The first-order valence-electron chi connectivity index (χ1n) is 8.12. The number of aromatic nitrogens is 1. The lowest BCUT2D eigenvalue weighted by Gasteiger charge is -2.34. The van der Waals surface area contributed by atoms with Gasteiger partial charge in [-0.2, -0.15) is 0 Å². The Bertz CT molecular complexity index is 607. The number of piperidine rings is 1. The van der Waals surface area contributed by atoms with Crippen molar-refractivity contribution in [3.8, 4) is 0 Å². The van der Waals surface area contributed by atoms with E-state index in [1.165, 1.54) is 0 Å². The van der Waals surface area contributed by atoms with E-state index in [0.717, 1.165) is 42.8 Å². The van der Waals surface area contributed by atoms with E-state index in [1.807, 2.05) is 40.7 Å². The summed E-state index contributed by atoms with van der Waals surface area (Å²) in [6.07, 6.45) is 6.19. The molecule has 1 aliphatic rings. The molecule has 3 rings (SSSR count). The van der Waals surface area contributed by atoms with E-state index in [1.54, 1.807) is 17.5 Å². The van der Waals surface area contributed by atoms with Gasteiger partial charge in [0.05, 0.1) is 6.10 Å². The molecule has 1 N–H and O–H groups in total. The lowest BCUT2D eigenvalue weighted by molar-refractivity contribution is -0.133. The van der Waals surface area contributed by atoms with Crippen molar-refractivity contribution >= 4 is 17.2 Å². The molecule has 23 heavy (non-hydrogen) atoms. The fourth-order valence-electron chi connectivity index (χ4n) is 3.11. The van der Waals surface area contributed by atoms with Gasteiger partial charge in [0, 0.05) is 36.8 Å². The summed E-state index contributed by atoms with van der Waals surface area (Å²) in [4.78, 5) is 19.4. The second-order valence-electron chi connectivity index (χ2n) is 6.04.